The molecule has 132 valence electrons. The Kier molecular flexibility index (Phi) is 4.68. The Morgan fingerprint density at radius 1 is 0.962 bits per heavy atom. The molecule has 0 aliphatic carbocycles. The van der Waals surface area contributed by atoms with Crippen LogP contribution in [0.2, 0.25) is 0 Å². The predicted octanol–water partition coefficient (Wildman–Crippen LogP) is 4.95. The van der Waals surface area contributed by atoms with Gasteiger partial charge in [-0.25, -0.2) is 0 Å². The van der Waals surface area contributed by atoms with Gasteiger partial charge in [-0.1, -0.05) is 52.3 Å². The van der Waals surface area contributed by atoms with E-state index in [9.17, 15) is 4.79 Å². The third-order valence-electron chi connectivity index (χ3n) is 5.09. The minimum absolute atomic E-state index is 0.129. The number of amides is 1. The van der Waals surface area contributed by atoms with Gasteiger partial charge in [-0.05, 0) is 48.0 Å². The summed E-state index contributed by atoms with van der Waals surface area (Å²) in [7, 11) is 0. The number of nitrogens with zero attached hydrogens (tertiary/aromatic N) is 2. The van der Waals surface area contributed by atoms with Crippen molar-refractivity contribution in [2.75, 3.05) is 24.5 Å². The average molecular weight is 409 g/mol. The molecule has 0 bridgehead atoms. The van der Waals surface area contributed by atoms with Crippen LogP contribution in [0.25, 0.3) is 10.8 Å². The highest BCUT2D eigenvalue weighted by Crippen LogP contribution is 2.25. The second-order valence-corrected chi connectivity index (χ2v) is 7.71. The van der Waals surface area contributed by atoms with Crippen molar-refractivity contribution in [3.8, 4) is 0 Å². The Bertz CT molecular complexity index is 933. The van der Waals surface area contributed by atoms with Gasteiger partial charge >= 0.3 is 0 Å². The first-order chi connectivity index (χ1) is 12.6. The number of benzene rings is 3. The number of carbonyl (C=O) groups excluding carboxylic acids is 1. The molecule has 1 amide bonds. The molecule has 4 rings (SSSR count). The summed E-state index contributed by atoms with van der Waals surface area (Å²) >= 11 is 3.49. The van der Waals surface area contributed by atoms with Crippen LogP contribution in [0.4, 0.5) is 5.69 Å². The van der Waals surface area contributed by atoms with Gasteiger partial charge < -0.3 is 9.80 Å². The molecule has 4 heteroatoms. The molecule has 0 aromatic heterocycles. The van der Waals surface area contributed by atoms with Gasteiger partial charge in [0.05, 0.1) is 0 Å². The average Bonchev–Trinajstić information content (AvgIpc) is 2.68. The van der Waals surface area contributed by atoms with Crippen molar-refractivity contribution in [2.24, 2.45) is 0 Å². The van der Waals surface area contributed by atoms with Crippen molar-refractivity contribution in [2.45, 2.75) is 13.0 Å². The number of rotatable bonds is 2. The van der Waals surface area contributed by atoms with Crippen LogP contribution < -0.4 is 4.90 Å². The van der Waals surface area contributed by atoms with Gasteiger partial charge in [0.15, 0.2) is 0 Å². The van der Waals surface area contributed by atoms with Crippen molar-refractivity contribution < 1.29 is 4.79 Å². The number of fused-ring (bicyclic) bond motifs is 1. The first-order valence-corrected chi connectivity index (χ1v) is 9.72. The van der Waals surface area contributed by atoms with Crippen molar-refractivity contribution in [3.05, 3.63) is 76.8 Å². The fourth-order valence-corrected chi connectivity index (χ4v) is 4.00. The van der Waals surface area contributed by atoms with E-state index in [1.54, 1.807) is 0 Å². The van der Waals surface area contributed by atoms with Gasteiger partial charge in [-0.2, -0.15) is 0 Å². The fourth-order valence-electron chi connectivity index (χ4n) is 3.74. The largest absolute Gasteiger partial charge is 0.365 e. The van der Waals surface area contributed by atoms with E-state index in [2.05, 4.69) is 64.2 Å². The molecule has 0 N–H and O–H groups in total. The molecule has 3 nitrogen and oxygen atoms in total. The Labute approximate surface area is 162 Å². The Hall–Kier alpha value is -2.33. The molecule has 26 heavy (non-hydrogen) atoms. The minimum Gasteiger partial charge on any atom is -0.365 e. The summed E-state index contributed by atoms with van der Waals surface area (Å²) in [5.74, 6) is 0.129. The quantitative estimate of drug-likeness (QED) is 0.598. The van der Waals surface area contributed by atoms with Crippen LogP contribution in [0.5, 0.6) is 0 Å². The van der Waals surface area contributed by atoms with Crippen LogP contribution in [-0.4, -0.2) is 36.5 Å². The lowest BCUT2D eigenvalue weighted by Crippen LogP contribution is -2.53. The maximum absolute atomic E-state index is 13.1. The number of piperazine rings is 1. The molecule has 1 atom stereocenters. The molecule has 0 spiro atoms. The first kappa shape index (κ1) is 17.1. The monoisotopic (exact) mass is 408 g/mol. The predicted molar refractivity (Wildman–Crippen MR) is 111 cm³/mol. The van der Waals surface area contributed by atoms with Crippen LogP contribution in [0.3, 0.4) is 0 Å². The molecule has 1 heterocycles. The number of hydrogen-bond donors (Lipinski definition) is 0. The lowest BCUT2D eigenvalue weighted by atomic mass is 10.0. The van der Waals surface area contributed by atoms with Crippen LogP contribution in [0.1, 0.15) is 17.3 Å². The summed E-state index contributed by atoms with van der Waals surface area (Å²) in [6.45, 7) is 4.50. The van der Waals surface area contributed by atoms with Crippen LogP contribution in [0.15, 0.2) is 71.2 Å². The zero-order valence-electron chi connectivity index (χ0n) is 14.7. The standard InChI is InChI=1S/C22H21BrN2O/c1-16-15-24(13-14-25(16)19-11-9-18(23)10-12-19)22(26)21-8-4-6-17-5-2-3-7-20(17)21/h2-12,16H,13-15H2,1H3. The van der Waals surface area contributed by atoms with Crippen molar-refractivity contribution in [3.63, 3.8) is 0 Å². The highest BCUT2D eigenvalue weighted by molar-refractivity contribution is 9.10. The van der Waals surface area contributed by atoms with E-state index in [-0.39, 0.29) is 11.9 Å². The summed E-state index contributed by atoms with van der Waals surface area (Å²) < 4.78 is 1.08. The topological polar surface area (TPSA) is 23.6 Å². The smallest absolute Gasteiger partial charge is 0.254 e. The number of anilines is 1. The summed E-state index contributed by atoms with van der Waals surface area (Å²) in [6.07, 6.45) is 0. The van der Waals surface area contributed by atoms with Gasteiger partial charge in [0.1, 0.15) is 0 Å². The third kappa shape index (κ3) is 3.21. The van der Waals surface area contributed by atoms with Crippen molar-refractivity contribution in [1.82, 2.24) is 4.90 Å². The molecular formula is C22H21BrN2O. The van der Waals surface area contributed by atoms with Crippen LogP contribution >= 0.6 is 15.9 Å². The van der Waals surface area contributed by atoms with E-state index in [0.29, 0.717) is 0 Å². The Morgan fingerprint density at radius 3 is 2.46 bits per heavy atom. The highest BCUT2D eigenvalue weighted by Gasteiger charge is 2.28. The molecular weight excluding hydrogens is 388 g/mol. The minimum atomic E-state index is 0.129. The van der Waals surface area contributed by atoms with E-state index < -0.39 is 0 Å². The molecule has 3 aromatic rings. The van der Waals surface area contributed by atoms with Gasteiger partial charge in [-0.3, -0.25) is 4.79 Å². The van der Waals surface area contributed by atoms with E-state index in [1.165, 1.54) is 5.69 Å². The summed E-state index contributed by atoms with van der Waals surface area (Å²) in [6, 6.07) is 22.7. The second kappa shape index (κ2) is 7.12. The van der Waals surface area contributed by atoms with Crippen LogP contribution in [-0.2, 0) is 0 Å². The van der Waals surface area contributed by atoms with Crippen molar-refractivity contribution >= 4 is 38.3 Å². The molecule has 3 aromatic carbocycles. The molecule has 1 aliphatic heterocycles. The highest BCUT2D eigenvalue weighted by atomic mass is 79.9. The molecule has 1 fully saturated rings. The van der Waals surface area contributed by atoms with Crippen molar-refractivity contribution in [1.29, 1.82) is 0 Å². The fraction of sp³-hybridized carbons (Fsp3) is 0.227. The normalized spacial score (nSPS) is 17.5. The van der Waals surface area contributed by atoms with E-state index in [0.717, 1.165) is 40.4 Å². The Morgan fingerprint density at radius 2 is 1.69 bits per heavy atom. The molecule has 1 aliphatic rings. The lowest BCUT2D eigenvalue weighted by molar-refractivity contribution is 0.0728. The summed E-state index contributed by atoms with van der Waals surface area (Å²) in [5, 5.41) is 2.14. The van der Waals surface area contributed by atoms with E-state index >= 15 is 0 Å². The second-order valence-electron chi connectivity index (χ2n) is 6.80. The molecule has 0 radical (unpaired) electrons. The number of hydrogen-bond acceptors (Lipinski definition) is 2. The van der Waals surface area contributed by atoms with Gasteiger partial charge in [0, 0.05) is 41.4 Å². The third-order valence-corrected chi connectivity index (χ3v) is 5.62. The lowest BCUT2D eigenvalue weighted by Gasteiger charge is -2.41. The van der Waals surface area contributed by atoms with Gasteiger partial charge in [0.2, 0.25) is 0 Å². The number of carbonyl (C=O) groups is 1. The Balaban J connectivity index is 1.55. The summed E-state index contributed by atoms with van der Waals surface area (Å²) in [4.78, 5) is 17.5. The van der Waals surface area contributed by atoms with Crippen LogP contribution in [0, 0.1) is 0 Å². The van der Waals surface area contributed by atoms with E-state index in [1.807, 2.05) is 35.2 Å². The maximum atomic E-state index is 13.1. The van der Waals surface area contributed by atoms with E-state index in [4.69, 9.17) is 0 Å². The van der Waals surface area contributed by atoms with Gasteiger partial charge in [-0.15, -0.1) is 0 Å². The zero-order chi connectivity index (χ0) is 18.1. The number of halogens is 1. The van der Waals surface area contributed by atoms with Gasteiger partial charge in [0.25, 0.3) is 5.91 Å². The first-order valence-electron chi connectivity index (χ1n) is 8.93. The molecule has 1 saturated heterocycles. The zero-order valence-corrected chi connectivity index (χ0v) is 16.3. The maximum Gasteiger partial charge on any atom is 0.254 e. The summed E-state index contributed by atoms with van der Waals surface area (Å²) in [5.41, 5.74) is 2.00. The SMILES string of the molecule is CC1CN(C(=O)c2cccc3ccccc23)CCN1c1ccc(Br)cc1. The molecule has 1 unspecified atom stereocenters. The molecule has 0 saturated carbocycles.